The Bertz CT molecular complexity index is 262. The topological polar surface area (TPSA) is 77.2 Å². The monoisotopic (exact) mass is 154 g/mol. The normalized spacial score (nSPS) is 12.5. The first-order chi connectivity index (χ1) is 5.25. The molecule has 1 aromatic carbocycles. The highest BCUT2D eigenvalue weighted by molar-refractivity contribution is 5.55. The van der Waals surface area contributed by atoms with Crippen molar-refractivity contribution in [2.75, 3.05) is 0 Å². The molecule has 0 fully saturated rings. The summed E-state index contributed by atoms with van der Waals surface area (Å²) in [6.45, 7) is 0. The molecule has 0 spiro atoms. The fraction of sp³-hybridized carbons (Fsp3) is 0. The molecule has 1 unspecified atom stereocenters. The van der Waals surface area contributed by atoms with Crippen molar-refractivity contribution in [3.63, 3.8) is 0 Å². The number of hydrogen-bond donors (Lipinski definition) is 2. The van der Waals surface area contributed by atoms with Crippen LogP contribution in [0.2, 0.25) is 0 Å². The van der Waals surface area contributed by atoms with Crippen LogP contribution in [0.15, 0.2) is 29.4 Å². The Balaban J connectivity index is 3.12. The van der Waals surface area contributed by atoms with E-state index in [1.54, 1.807) is 6.07 Å². The largest absolute Gasteiger partial charge is 0.595 e. The van der Waals surface area contributed by atoms with Crippen LogP contribution >= 0.6 is 0 Å². The van der Waals surface area contributed by atoms with E-state index in [-0.39, 0.29) is 11.4 Å². The lowest BCUT2D eigenvalue weighted by Crippen LogP contribution is -2.99. The van der Waals surface area contributed by atoms with E-state index < -0.39 is 5.23 Å². The van der Waals surface area contributed by atoms with Crippen LogP contribution in [-0.2, 0) is 0 Å². The van der Waals surface area contributed by atoms with Crippen LogP contribution in [0.1, 0.15) is 0 Å². The molecule has 0 aliphatic rings. The van der Waals surface area contributed by atoms with Crippen molar-refractivity contribution in [1.82, 2.24) is 0 Å². The Hall–Kier alpha value is -1.30. The second-order valence-corrected chi connectivity index (χ2v) is 1.91. The summed E-state index contributed by atoms with van der Waals surface area (Å²) in [7, 11) is 0. The molecule has 0 heterocycles. The minimum absolute atomic E-state index is 0.0417. The zero-order valence-corrected chi connectivity index (χ0v) is 5.52. The summed E-state index contributed by atoms with van der Waals surface area (Å²) in [6.07, 6.45) is 0. The van der Waals surface area contributed by atoms with E-state index in [4.69, 9.17) is 5.21 Å². The van der Waals surface area contributed by atoms with E-state index in [9.17, 15) is 10.1 Å². The summed E-state index contributed by atoms with van der Waals surface area (Å²) >= 11 is 0. The van der Waals surface area contributed by atoms with Gasteiger partial charge in [0, 0.05) is 6.07 Å². The van der Waals surface area contributed by atoms with Crippen molar-refractivity contribution >= 4 is 11.4 Å². The fourth-order valence-corrected chi connectivity index (χ4v) is 0.734. The van der Waals surface area contributed by atoms with Gasteiger partial charge in [0.25, 0.3) is 0 Å². The van der Waals surface area contributed by atoms with Crippen LogP contribution in [0.3, 0.4) is 0 Å². The Morgan fingerprint density at radius 2 is 2.09 bits per heavy atom. The highest BCUT2D eigenvalue weighted by atomic mass is 16.8. The van der Waals surface area contributed by atoms with Gasteiger partial charge >= 0.3 is 0 Å². The Morgan fingerprint density at radius 1 is 1.45 bits per heavy atom. The first-order valence-electron chi connectivity index (χ1n) is 2.91. The summed E-state index contributed by atoms with van der Waals surface area (Å²) in [5.41, 5.74) is -0.109. The molecular formula is C6H6N2O3. The van der Waals surface area contributed by atoms with Gasteiger partial charge in [0.2, 0.25) is 0 Å². The zero-order valence-electron chi connectivity index (χ0n) is 5.52. The summed E-state index contributed by atoms with van der Waals surface area (Å²) in [5, 5.41) is 20.3. The molecule has 1 aromatic rings. The average Bonchev–Trinajstić information content (AvgIpc) is 2.04. The summed E-state index contributed by atoms with van der Waals surface area (Å²) in [4.78, 5) is 10.0. The second-order valence-electron chi connectivity index (χ2n) is 1.91. The lowest BCUT2D eigenvalue weighted by Gasteiger charge is -2.11. The van der Waals surface area contributed by atoms with Crippen LogP contribution in [0.4, 0.5) is 11.4 Å². The Morgan fingerprint density at radius 3 is 2.55 bits per heavy atom. The van der Waals surface area contributed by atoms with E-state index in [0.29, 0.717) is 0 Å². The fourth-order valence-electron chi connectivity index (χ4n) is 0.734. The summed E-state index contributed by atoms with van der Waals surface area (Å²) < 4.78 is 0. The maximum absolute atomic E-state index is 10.4. The smallest absolute Gasteiger partial charge is 0.193 e. The Kier molecular flexibility index (Phi) is 2.27. The maximum atomic E-state index is 10.4. The molecule has 0 radical (unpaired) electrons. The summed E-state index contributed by atoms with van der Waals surface area (Å²) in [6, 6.07) is 5.79. The van der Waals surface area contributed by atoms with E-state index >= 15 is 0 Å². The molecule has 0 saturated heterocycles. The molecule has 58 valence electrons. The molecule has 0 aliphatic heterocycles. The molecule has 0 aliphatic carbocycles. The van der Waals surface area contributed by atoms with E-state index in [0.717, 1.165) is 0 Å². The third-order valence-electron chi connectivity index (χ3n) is 1.23. The number of rotatable bonds is 2. The van der Waals surface area contributed by atoms with Gasteiger partial charge < -0.3 is 5.21 Å². The minimum atomic E-state index is -1.14. The molecule has 0 amide bonds. The van der Waals surface area contributed by atoms with Gasteiger partial charge in [-0.2, -0.15) is 5.23 Å². The molecule has 1 rings (SSSR count). The van der Waals surface area contributed by atoms with E-state index in [1.165, 1.54) is 18.2 Å². The molecule has 0 bridgehead atoms. The summed E-state index contributed by atoms with van der Waals surface area (Å²) in [5.74, 6) is 0. The van der Waals surface area contributed by atoms with Crippen LogP contribution in [-0.4, -0.2) is 5.21 Å². The number of nitrogens with one attached hydrogen (secondary N) is 1. The molecule has 2 N–H and O–H groups in total. The van der Waals surface area contributed by atoms with Gasteiger partial charge in [0.1, 0.15) is 0 Å². The lowest BCUT2D eigenvalue weighted by atomic mass is 10.3. The minimum Gasteiger partial charge on any atom is -0.595 e. The SMILES string of the molecule is O=Nc1ccccc1[NH+]([O-])O. The third-order valence-corrected chi connectivity index (χ3v) is 1.23. The average molecular weight is 154 g/mol. The van der Waals surface area contributed by atoms with E-state index in [2.05, 4.69) is 5.18 Å². The number of nitroso groups, excluding NO2 is 1. The molecule has 11 heavy (non-hydrogen) atoms. The molecular weight excluding hydrogens is 148 g/mol. The number of para-hydroxylation sites is 1. The second kappa shape index (κ2) is 3.20. The maximum Gasteiger partial charge on any atom is 0.193 e. The molecule has 1 atom stereocenters. The third kappa shape index (κ3) is 1.58. The zero-order chi connectivity index (χ0) is 8.27. The van der Waals surface area contributed by atoms with Crippen LogP contribution < -0.4 is 5.23 Å². The molecule has 5 heteroatoms. The van der Waals surface area contributed by atoms with Gasteiger partial charge in [-0.3, -0.25) is 0 Å². The first-order valence-corrected chi connectivity index (χ1v) is 2.91. The number of nitrogens with zero attached hydrogens (tertiary/aromatic N) is 1. The van der Waals surface area contributed by atoms with Gasteiger partial charge in [0.05, 0.1) is 0 Å². The molecule has 0 aromatic heterocycles. The standard InChI is InChI=1S/C6H6N2O3/c9-7-5-3-1-2-4-6(5)8(10)11/h1-4,8,10H. The highest BCUT2D eigenvalue weighted by Gasteiger charge is 2.06. The van der Waals surface area contributed by atoms with Gasteiger partial charge in [-0.05, 0) is 11.2 Å². The first kappa shape index (κ1) is 7.80. The van der Waals surface area contributed by atoms with Gasteiger partial charge in [0.15, 0.2) is 11.4 Å². The molecule has 5 nitrogen and oxygen atoms in total. The van der Waals surface area contributed by atoms with Gasteiger partial charge in [-0.1, -0.05) is 12.1 Å². The van der Waals surface area contributed by atoms with Crippen molar-refractivity contribution in [2.45, 2.75) is 0 Å². The number of quaternary nitrogens is 1. The van der Waals surface area contributed by atoms with Crippen molar-refractivity contribution < 1.29 is 10.4 Å². The number of hydrogen-bond acceptors (Lipinski definition) is 4. The lowest BCUT2D eigenvalue weighted by molar-refractivity contribution is -0.990. The van der Waals surface area contributed by atoms with Crippen molar-refractivity contribution in [2.24, 2.45) is 5.18 Å². The van der Waals surface area contributed by atoms with Crippen molar-refractivity contribution in [3.05, 3.63) is 34.4 Å². The molecule has 0 saturated carbocycles. The van der Waals surface area contributed by atoms with Crippen LogP contribution in [0.25, 0.3) is 0 Å². The predicted octanol–water partition coefficient (Wildman–Crippen LogP) is 0.488. The number of benzene rings is 1. The van der Waals surface area contributed by atoms with Gasteiger partial charge in [-0.25, -0.2) is 5.21 Å². The van der Waals surface area contributed by atoms with E-state index in [1.807, 2.05) is 0 Å². The van der Waals surface area contributed by atoms with Gasteiger partial charge in [-0.15, -0.1) is 4.91 Å². The highest BCUT2D eigenvalue weighted by Crippen LogP contribution is 2.18. The van der Waals surface area contributed by atoms with Crippen LogP contribution in [0.5, 0.6) is 0 Å². The van der Waals surface area contributed by atoms with Crippen molar-refractivity contribution in [3.8, 4) is 0 Å². The Labute approximate surface area is 62.4 Å². The van der Waals surface area contributed by atoms with Crippen LogP contribution in [0, 0.1) is 10.1 Å². The van der Waals surface area contributed by atoms with Crippen molar-refractivity contribution in [1.29, 1.82) is 0 Å². The quantitative estimate of drug-likeness (QED) is 0.480. The predicted molar refractivity (Wildman–Crippen MR) is 37.7 cm³/mol.